The van der Waals surface area contributed by atoms with E-state index in [9.17, 15) is 9.50 Å². The third kappa shape index (κ3) is 3.86. The summed E-state index contributed by atoms with van der Waals surface area (Å²) in [6, 6.07) is 10.1. The molecule has 4 rings (SSSR count). The predicted octanol–water partition coefficient (Wildman–Crippen LogP) is 3.21. The summed E-state index contributed by atoms with van der Waals surface area (Å²) < 4.78 is 20.9. The van der Waals surface area contributed by atoms with Gasteiger partial charge in [-0.3, -0.25) is 0 Å². The van der Waals surface area contributed by atoms with Gasteiger partial charge in [0.15, 0.2) is 0 Å². The summed E-state index contributed by atoms with van der Waals surface area (Å²) in [5.41, 5.74) is 0.846. The minimum Gasteiger partial charge on any atom is -0.460 e. The first-order chi connectivity index (χ1) is 12.7. The smallest absolute Gasteiger partial charge is 0.134 e. The van der Waals surface area contributed by atoms with Crippen molar-refractivity contribution in [3.8, 4) is 11.3 Å². The van der Waals surface area contributed by atoms with Gasteiger partial charge in [0.25, 0.3) is 0 Å². The van der Waals surface area contributed by atoms with Crippen molar-refractivity contribution < 1.29 is 13.9 Å². The second-order valence-electron chi connectivity index (χ2n) is 6.92. The van der Waals surface area contributed by atoms with E-state index in [2.05, 4.69) is 14.9 Å². The maximum atomic E-state index is 13.0. The summed E-state index contributed by atoms with van der Waals surface area (Å²) in [7, 11) is 0. The molecule has 6 heteroatoms. The van der Waals surface area contributed by atoms with Gasteiger partial charge < -0.3 is 19.4 Å². The number of halogens is 1. The molecule has 2 heterocycles. The van der Waals surface area contributed by atoms with Crippen LogP contribution in [0, 0.1) is 11.7 Å². The van der Waals surface area contributed by atoms with Crippen LogP contribution in [0.4, 0.5) is 4.39 Å². The number of benzene rings is 1. The molecule has 1 unspecified atom stereocenters. The lowest BCUT2D eigenvalue weighted by molar-refractivity contribution is 0.144. The Bertz CT molecular complexity index is 829. The van der Waals surface area contributed by atoms with Crippen molar-refractivity contribution in [1.82, 2.24) is 14.9 Å². The van der Waals surface area contributed by atoms with Crippen LogP contribution in [0.2, 0.25) is 0 Å². The van der Waals surface area contributed by atoms with Crippen LogP contribution >= 0.6 is 0 Å². The molecule has 1 saturated carbocycles. The van der Waals surface area contributed by atoms with Gasteiger partial charge in [0.05, 0.1) is 19.0 Å². The molecule has 5 nitrogen and oxygen atoms in total. The Morgan fingerprint density at radius 3 is 2.81 bits per heavy atom. The molecule has 3 atom stereocenters. The first-order valence-corrected chi connectivity index (χ1v) is 8.89. The van der Waals surface area contributed by atoms with Gasteiger partial charge in [-0.15, -0.1) is 0 Å². The molecule has 2 N–H and O–H groups in total. The van der Waals surface area contributed by atoms with Crippen molar-refractivity contribution in [1.29, 1.82) is 0 Å². The van der Waals surface area contributed by atoms with Crippen LogP contribution in [0.3, 0.4) is 0 Å². The van der Waals surface area contributed by atoms with Gasteiger partial charge in [-0.2, -0.15) is 0 Å². The molecule has 0 saturated heterocycles. The Labute approximate surface area is 151 Å². The lowest BCUT2D eigenvalue weighted by atomic mass is 10.1. The lowest BCUT2D eigenvalue weighted by Gasteiger charge is -2.15. The number of aliphatic hydroxyl groups excluding tert-OH is 1. The van der Waals surface area contributed by atoms with Gasteiger partial charge in [0.2, 0.25) is 0 Å². The Kier molecular flexibility index (Phi) is 4.86. The molecule has 0 amide bonds. The molecule has 1 aromatic carbocycles. The Hall–Kier alpha value is -2.44. The maximum absolute atomic E-state index is 13.0. The van der Waals surface area contributed by atoms with Crippen LogP contribution in [0.1, 0.15) is 18.6 Å². The van der Waals surface area contributed by atoms with Crippen molar-refractivity contribution in [2.45, 2.75) is 38.1 Å². The average molecular weight is 355 g/mol. The van der Waals surface area contributed by atoms with E-state index in [0.29, 0.717) is 18.2 Å². The highest BCUT2D eigenvalue weighted by molar-refractivity contribution is 5.57. The monoisotopic (exact) mass is 355 g/mol. The van der Waals surface area contributed by atoms with Crippen molar-refractivity contribution in [3.05, 3.63) is 66.7 Å². The van der Waals surface area contributed by atoms with Crippen molar-refractivity contribution in [2.75, 3.05) is 0 Å². The predicted molar refractivity (Wildman–Crippen MR) is 95.7 cm³/mol. The number of nitrogens with zero attached hydrogens (tertiary/aromatic N) is 2. The zero-order valence-corrected chi connectivity index (χ0v) is 14.4. The van der Waals surface area contributed by atoms with Crippen LogP contribution < -0.4 is 5.32 Å². The minimum absolute atomic E-state index is 0.0582. The van der Waals surface area contributed by atoms with Gasteiger partial charge in [-0.1, -0.05) is 0 Å². The lowest BCUT2D eigenvalue weighted by Crippen LogP contribution is -2.35. The molecule has 136 valence electrons. The average Bonchev–Trinajstić information content (AvgIpc) is 3.36. The Morgan fingerprint density at radius 2 is 2.04 bits per heavy atom. The van der Waals surface area contributed by atoms with E-state index in [1.807, 2.05) is 24.7 Å². The molecule has 0 aliphatic heterocycles. The summed E-state index contributed by atoms with van der Waals surface area (Å²) in [6.07, 6.45) is 6.89. The Balaban J connectivity index is 1.32. The third-order valence-electron chi connectivity index (χ3n) is 4.98. The van der Waals surface area contributed by atoms with E-state index in [1.165, 1.54) is 12.1 Å². The fourth-order valence-corrected chi connectivity index (χ4v) is 3.65. The molecule has 2 aromatic heterocycles. The highest BCUT2D eigenvalue weighted by Crippen LogP contribution is 2.28. The number of imidazole rings is 1. The SMILES string of the molecule is O[C@@H]1CC(Cn2ccnc2)C[C@H]1NCc1ccc(-c2ccc(F)cc2)o1. The van der Waals surface area contributed by atoms with Gasteiger partial charge in [-0.25, -0.2) is 9.37 Å². The summed E-state index contributed by atoms with van der Waals surface area (Å²) in [4.78, 5) is 4.06. The van der Waals surface area contributed by atoms with Crippen LogP contribution in [0.25, 0.3) is 11.3 Å². The first kappa shape index (κ1) is 17.0. The fraction of sp³-hybridized carbons (Fsp3) is 0.350. The van der Waals surface area contributed by atoms with Crippen LogP contribution in [0.15, 0.2) is 59.5 Å². The van der Waals surface area contributed by atoms with E-state index < -0.39 is 0 Å². The zero-order chi connectivity index (χ0) is 17.9. The van der Waals surface area contributed by atoms with E-state index in [-0.39, 0.29) is 18.0 Å². The van der Waals surface area contributed by atoms with Gasteiger partial charge >= 0.3 is 0 Å². The number of rotatable bonds is 6. The van der Waals surface area contributed by atoms with Gasteiger partial charge in [0, 0.05) is 30.5 Å². The molecule has 26 heavy (non-hydrogen) atoms. The standard InChI is InChI=1S/C20H22FN3O2/c21-16-3-1-15(2-4-16)20-6-5-17(26-20)11-23-18-9-14(10-19(18)25)12-24-8-7-22-13-24/h1-8,13-14,18-19,23,25H,9-12H2/t14?,18-,19-/m1/s1. The fourth-order valence-electron chi connectivity index (χ4n) is 3.65. The molecule has 3 aromatic rings. The molecule has 0 radical (unpaired) electrons. The van der Waals surface area contributed by atoms with E-state index in [4.69, 9.17) is 4.42 Å². The summed E-state index contributed by atoms with van der Waals surface area (Å²) in [5, 5.41) is 13.7. The minimum atomic E-state index is -0.352. The second kappa shape index (κ2) is 7.43. The van der Waals surface area contributed by atoms with Crippen molar-refractivity contribution in [3.63, 3.8) is 0 Å². The molecule has 1 aliphatic rings. The number of furan rings is 1. The third-order valence-corrected chi connectivity index (χ3v) is 4.98. The second-order valence-corrected chi connectivity index (χ2v) is 6.92. The highest BCUT2D eigenvalue weighted by Gasteiger charge is 2.32. The summed E-state index contributed by atoms with van der Waals surface area (Å²) in [6.45, 7) is 1.44. The number of aliphatic hydroxyl groups is 1. The normalized spacial score (nSPS) is 22.8. The molecule has 1 aliphatic carbocycles. The summed E-state index contributed by atoms with van der Waals surface area (Å²) >= 11 is 0. The first-order valence-electron chi connectivity index (χ1n) is 8.89. The van der Waals surface area contributed by atoms with Gasteiger partial charge in [0.1, 0.15) is 17.3 Å². The van der Waals surface area contributed by atoms with Crippen LogP contribution in [-0.2, 0) is 13.1 Å². The molecule has 1 fully saturated rings. The number of hydrogen-bond donors (Lipinski definition) is 2. The molecular weight excluding hydrogens is 333 g/mol. The van der Waals surface area contributed by atoms with E-state index >= 15 is 0 Å². The molecule has 0 spiro atoms. The maximum Gasteiger partial charge on any atom is 0.134 e. The Morgan fingerprint density at radius 1 is 1.19 bits per heavy atom. The quantitative estimate of drug-likeness (QED) is 0.713. The van der Waals surface area contributed by atoms with Crippen molar-refractivity contribution >= 4 is 0 Å². The highest BCUT2D eigenvalue weighted by atomic mass is 19.1. The van der Waals surface area contributed by atoms with Crippen LogP contribution in [-0.4, -0.2) is 26.8 Å². The van der Waals surface area contributed by atoms with Crippen molar-refractivity contribution in [2.24, 2.45) is 5.92 Å². The molecule has 0 bridgehead atoms. The van der Waals surface area contributed by atoms with Gasteiger partial charge in [-0.05, 0) is 55.2 Å². The van der Waals surface area contributed by atoms with Crippen LogP contribution in [0.5, 0.6) is 0 Å². The molecular formula is C20H22FN3O2. The number of aromatic nitrogens is 2. The van der Waals surface area contributed by atoms with E-state index in [0.717, 1.165) is 30.7 Å². The van der Waals surface area contributed by atoms with E-state index in [1.54, 1.807) is 18.3 Å². The topological polar surface area (TPSA) is 63.2 Å². The number of nitrogens with one attached hydrogen (secondary N) is 1. The number of hydrogen-bond acceptors (Lipinski definition) is 4. The largest absolute Gasteiger partial charge is 0.460 e. The zero-order valence-electron chi connectivity index (χ0n) is 14.4. The summed E-state index contributed by atoms with van der Waals surface area (Å²) in [5.74, 6) is 1.69.